The molecule has 146 valence electrons. The highest BCUT2D eigenvalue weighted by Crippen LogP contribution is 2.42. The lowest BCUT2D eigenvalue weighted by Gasteiger charge is -2.40. The normalized spacial score (nSPS) is 20.4. The van der Waals surface area contributed by atoms with E-state index in [0.717, 1.165) is 49.0 Å². The molecule has 0 unspecified atom stereocenters. The van der Waals surface area contributed by atoms with Crippen LogP contribution in [0.1, 0.15) is 19.3 Å². The Morgan fingerprint density at radius 1 is 1.15 bits per heavy atom. The molecule has 0 radical (unpaired) electrons. The average molecular weight is 391 g/mol. The fraction of sp³-hybridized carbons (Fsp3) is 0.526. The highest BCUT2D eigenvalue weighted by molar-refractivity contribution is 7.87. The molecule has 1 spiro atoms. The van der Waals surface area contributed by atoms with Gasteiger partial charge in [-0.2, -0.15) is 12.7 Å². The number of fused-ring (bicyclic) bond motifs is 1. The van der Waals surface area contributed by atoms with E-state index in [-0.39, 0.29) is 5.41 Å². The molecule has 0 bridgehead atoms. The molecule has 7 nitrogen and oxygen atoms in total. The second-order valence-electron chi connectivity index (χ2n) is 7.49. The SMILES string of the molecule is CNS(=O)(=O)N1CCC2(CCN(c3ccnc4cc(OC)ccc34)CC2)C1. The van der Waals surface area contributed by atoms with Gasteiger partial charge < -0.3 is 9.64 Å². The minimum absolute atomic E-state index is 0.104. The van der Waals surface area contributed by atoms with Crippen molar-refractivity contribution in [2.45, 2.75) is 19.3 Å². The minimum Gasteiger partial charge on any atom is -0.497 e. The van der Waals surface area contributed by atoms with Crippen LogP contribution in [0, 0.1) is 5.41 Å². The lowest BCUT2D eigenvalue weighted by atomic mass is 9.77. The number of benzene rings is 1. The number of pyridine rings is 1. The van der Waals surface area contributed by atoms with Crippen molar-refractivity contribution < 1.29 is 13.2 Å². The topological polar surface area (TPSA) is 74.8 Å². The molecule has 1 aromatic carbocycles. The Balaban J connectivity index is 1.51. The quantitative estimate of drug-likeness (QED) is 0.864. The van der Waals surface area contributed by atoms with Gasteiger partial charge in [0.1, 0.15) is 5.75 Å². The van der Waals surface area contributed by atoms with Crippen molar-refractivity contribution in [3.05, 3.63) is 30.5 Å². The van der Waals surface area contributed by atoms with Gasteiger partial charge in [-0.1, -0.05) is 0 Å². The molecule has 2 fully saturated rings. The van der Waals surface area contributed by atoms with Crippen LogP contribution >= 0.6 is 0 Å². The van der Waals surface area contributed by atoms with Gasteiger partial charge in [0.05, 0.1) is 12.6 Å². The molecule has 1 N–H and O–H groups in total. The van der Waals surface area contributed by atoms with Crippen LogP contribution < -0.4 is 14.4 Å². The summed E-state index contributed by atoms with van der Waals surface area (Å²) >= 11 is 0. The first kappa shape index (κ1) is 18.5. The fourth-order valence-corrected chi connectivity index (χ4v) is 5.41. The minimum atomic E-state index is -3.32. The van der Waals surface area contributed by atoms with E-state index in [2.05, 4.69) is 26.7 Å². The second-order valence-corrected chi connectivity index (χ2v) is 9.37. The number of piperidine rings is 1. The van der Waals surface area contributed by atoms with Crippen LogP contribution in [-0.2, 0) is 10.2 Å². The third-order valence-corrected chi connectivity index (χ3v) is 7.60. The molecule has 0 amide bonds. The Morgan fingerprint density at radius 3 is 2.59 bits per heavy atom. The Morgan fingerprint density at radius 2 is 1.89 bits per heavy atom. The molecule has 2 aliphatic rings. The first-order chi connectivity index (χ1) is 13.0. The zero-order chi connectivity index (χ0) is 19.1. The molecule has 4 rings (SSSR count). The Bertz CT molecular complexity index is 939. The average Bonchev–Trinajstić information content (AvgIpc) is 3.12. The molecular formula is C19H26N4O3S. The number of nitrogens with zero attached hydrogens (tertiary/aromatic N) is 3. The largest absolute Gasteiger partial charge is 0.497 e. The molecule has 2 aromatic rings. The van der Waals surface area contributed by atoms with Crippen molar-refractivity contribution in [2.24, 2.45) is 5.41 Å². The molecule has 8 heteroatoms. The van der Waals surface area contributed by atoms with Gasteiger partial charge in [-0.25, -0.2) is 4.72 Å². The third kappa shape index (κ3) is 3.37. The van der Waals surface area contributed by atoms with Crippen LogP contribution in [0.15, 0.2) is 30.5 Å². The number of hydrogen-bond acceptors (Lipinski definition) is 5. The van der Waals surface area contributed by atoms with Gasteiger partial charge in [-0.3, -0.25) is 4.98 Å². The third-order valence-electron chi connectivity index (χ3n) is 6.09. The second kappa shape index (κ2) is 6.92. The summed E-state index contributed by atoms with van der Waals surface area (Å²) in [4.78, 5) is 6.88. The number of nitrogens with one attached hydrogen (secondary N) is 1. The lowest BCUT2D eigenvalue weighted by molar-refractivity contribution is 0.234. The van der Waals surface area contributed by atoms with E-state index in [1.165, 1.54) is 12.7 Å². The van der Waals surface area contributed by atoms with Crippen molar-refractivity contribution >= 4 is 26.8 Å². The van der Waals surface area contributed by atoms with E-state index >= 15 is 0 Å². The summed E-state index contributed by atoms with van der Waals surface area (Å²) in [5, 5.41) is 1.13. The van der Waals surface area contributed by atoms with Gasteiger partial charge in [-0.05, 0) is 42.9 Å². The van der Waals surface area contributed by atoms with Crippen LogP contribution in [-0.4, -0.2) is 58.0 Å². The molecular weight excluding hydrogens is 364 g/mol. The summed E-state index contributed by atoms with van der Waals surface area (Å²) in [7, 11) is -0.185. The number of aromatic nitrogens is 1. The van der Waals surface area contributed by atoms with E-state index in [1.807, 2.05) is 18.3 Å². The standard InChI is InChI=1S/C19H26N4O3S/c1-20-27(24,25)23-12-8-19(14-23)6-10-22(11-7-19)18-5-9-21-17-13-15(26-2)3-4-16(17)18/h3-5,9,13,20H,6-8,10-12,14H2,1-2H3. The number of hydrogen-bond donors (Lipinski definition) is 1. The van der Waals surface area contributed by atoms with Crippen LogP contribution in [0.3, 0.4) is 0 Å². The first-order valence-corrected chi connectivity index (χ1v) is 10.8. The first-order valence-electron chi connectivity index (χ1n) is 9.33. The smallest absolute Gasteiger partial charge is 0.279 e. The molecule has 0 aliphatic carbocycles. The monoisotopic (exact) mass is 390 g/mol. The van der Waals surface area contributed by atoms with Crippen molar-refractivity contribution in [1.82, 2.24) is 14.0 Å². The van der Waals surface area contributed by atoms with Gasteiger partial charge in [0.15, 0.2) is 0 Å². The summed E-state index contributed by atoms with van der Waals surface area (Å²) in [6, 6.07) is 8.06. The zero-order valence-electron chi connectivity index (χ0n) is 15.8. The molecule has 3 heterocycles. The van der Waals surface area contributed by atoms with Crippen molar-refractivity contribution in [2.75, 3.05) is 45.2 Å². The number of anilines is 1. The van der Waals surface area contributed by atoms with Gasteiger partial charge >= 0.3 is 0 Å². The molecule has 2 aliphatic heterocycles. The van der Waals surface area contributed by atoms with Crippen LogP contribution in [0.4, 0.5) is 5.69 Å². The fourth-order valence-electron chi connectivity index (χ4n) is 4.37. The molecule has 27 heavy (non-hydrogen) atoms. The maximum absolute atomic E-state index is 12.1. The van der Waals surface area contributed by atoms with Crippen molar-refractivity contribution in [3.8, 4) is 5.75 Å². The summed E-state index contributed by atoms with van der Waals surface area (Å²) in [5.74, 6) is 0.807. The van der Waals surface area contributed by atoms with Gasteiger partial charge in [0.25, 0.3) is 10.2 Å². The number of rotatable bonds is 4. The molecule has 2 saturated heterocycles. The highest BCUT2D eigenvalue weighted by atomic mass is 32.2. The molecule has 1 aromatic heterocycles. The lowest BCUT2D eigenvalue weighted by Crippen LogP contribution is -2.43. The van der Waals surface area contributed by atoms with Crippen molar-refractivity contribution in [3.63, 3.8) is 0 Å². The summed E-state index contributed by atoms with van der Waals surface area (Å²) in [6.07, 6.45) is 4.79. The number of ether oxygens (including phenoxy) is 1. The van der Waals surface area contributed by atoms with Crippen LogP contribution in [0.2, 0.25) is 0 Å². The maximum Gasteiger partial charge on any atom is 0.279 e. The molecule has 0 saturated carbocycles. The van der Waals surface area contributed by atoms with E-state index in [0.29, 0.717) is 13.1 Å². The van der Waals surface area contributed by atoms with Gasteiger partial charge in [0, 0.05) is 56.6 Å². The summed E-state index contributed by atoms with van der Waals surface area (Å²) in [6.45, 7) is 3.09. The highest BCUT2D eigenvalue weighted by Gasteiger charge is 2.44. The van der Waals surface area contributed by atoms with Gasteiger partial charge in [0.2, 0.25) is 0 Å². The van der Waals surface area contributed by atoms with E-state index in [4.69, 9.17) is 4.74 Å². The van der Waals surface area contributed by atoms with Crippen LogP contribution in [0.25, 0.3) is 10.9 Å². The summed E-state index contributed by atoms with van der Waals surface area (Å²) in [5.41, 5.74) is 2.22. The summed E-state index contributed by atoms with van der Waals surface area (Å²) < 4.78 is 33.5. The molecule has 0 atom stereocenters. The Kier molecular flexibility index (Phi) is 4.73. The van der Waals surface area contributed by atoms with E-state index in [1.54, 1.807) is 11.4 Å². The zero-order valence-corrected chi connectivity index (χ0v) is 16.6. The number of methoxy groups -OCH3 is 1. The predicted octanol–water partition coefficient (Wildman–Crippen LogP) is 2.00. The Hall–Kier alpha value is -1.90. The Labute approximate surface area is 160 Å². The van der Waals surface area contributed by atoms with Crippen molar-refractivity contribution in [1.29, 1.82) is 0 Å². The van der Waals surface area contributed by atoms with E-state index in [9.17, 15) is 8.42 Å². The van der Waals surface area contributed by atoms with Gasteiger partial charge in [-0.15, -0.1) is 0 Å². The predicted molar refractivity (Wildman–Crippen MR) is 106 cm³/mol. The maximum atomic E-state index is 12.1. The van der Waals surface area contributed by atoms with E-state index < -0.39 is 10.2 Å². The van der Waals surface area contributed by atoms with Crippen LogP contribution in [0.5, 0.6) is 5.75 Å².